The van der Waals surface area contributed by atoms with Crippen molar-refractivity contribution in [2.24, 2.45) is 17.6 Å². The molecular formula is C31H39ClF2N4O7. The second kappa shape index (κ2) is 16.4. The van der Waals surface area contributed by atoms with Crippen molar-refractivity contribution >= 4 is 46.7 Å². The summed E-state index contributed by atoms with van der Waals surface area (Å²) in [6.07, 6.45) is 0.156. The van der Waals surface area contributed by atoms with Gasteiger partial charge in [0.1, 0.15) is 0 Å². The molecule has 3 atom stereocenters. The SMILES string of the molecule is CC(C)[C@H](C[C@H](O)[C@@H](N)CN1CC(=O)N(c2ccccc2Cl)CC1(C)C)C(=O)Nc1ccc(F)c(F)c1.O=C(O)/C=C/C(=O)O. The Bertz CT molecular complexity index is 1390. The van der Waals surface area contributed by atoms with Gasteiger partial charge in [-0.05, 0) is 50.5 Å². The van der Waals surface area contributed by atoms with Crippen molar-refractivity contribution in [2.45, 2.75) is 51.8 Å². The van der Waals surface area contributed by atoms with Crippen molar-refractivity contribution in [1.29, 1.82) is 0 Å². The van der Waals surface area contributed by atoms with Crippen molar-refractivity contribution < 1.29 is 43.3 Å². The molecule has 1 aliphatic heterocycles. The van der Waals surface area contributed by atoms with E-state index in [1.165, 1.54) is 6.07 Å². The molecular weight excluding hydrogens is 614 g/mol. The van der Waals surface area contributed by atoms with Crippen molar-refractivity contribution in [3.8, 4) is 0 Å². The van der Waals surface area contributed by atoms with E-state index in [-0.39, 0.29) is 37.0 Å². The number of rotatable bonds is 11. The Labute approximate surface area is 265 Å². The number of carboxylic acid groups (broad SMARTS) is 2. The molecule has 1 saturated heterocycles. The standard InChI is InChI=1S/C27H35ClF2N4O3.C4H4O4/c1-16(2)18(26(37)32-17-9-10-20(29)21(30)11-17)12-24(35)22(31)13-33-14-25(36)34(15-27(33,3)4)23-8-6-5-7-19(23)28;5-3(6)1-2-4(7)8/h5-11,16,18,22,24,35H,12-15,31H2,1-4H3,(H,32,37);1-2H,(H,5,6)(H,7,8)/b;2-1+/t18-,22-,24-;/m0./s1. The first-order valence-corrected chi connectivity index (χ1v) is 14.4. The van der Waals surface area contributed by atoms with Crippen LogP contribution < -0.4 is 16.0 Å². The fourth-order valence-corrected chi connectivity index (χ4v) is 4.92. The van der Waals surface area contributed by atoms with E-state index in [4.69, 9.17) is 27.5 Å². The molecule has 14 heteroatoms. The summed E-state index contributed by atoms with van der Waals surface area (Å²) in [6, 6.07) is 9.58. The fraction of sp³-hybridized carbons (Fsp3) is 0.419. The number of hydrogen-bond acceptors (Lipinski definition) is 7. The maximum Gasteiger partial charge on any atom is 0.328 e. The average Bonchev–Trinajstić information content (AvgIpc) is 2.94. The highest BCUT2D eigenvalue weighted by Gasteiger charge is 2.40. The largest absolute Gasteiger partial charge is 0.478 e. The topological polar surface area (TPSA) is 173 Å². The third-order valence-corrected chi connectivity index (χ3v) is 7.61. The maximum absolute atomic E-state index is 13.5. The summed E-state index contributed by atoms with van der Waals surface area (Å²) >= 11 is 6.31. The number of aliphatic hydroxyl groups excluding tert-OH is 1. The fourth-order valence-electron chi connectivity index (χ4n) is 4.68. The number of aliphatic carboxylic acids is 2. The molecule has 0 unspecified atom stereocenters. The number of amides is 2. The van der Waals surface area contributed by atoms with E-state index >= 15 is 0 Å². The number of nitrogens with two attached hydrogens (primary N) is 1. The molecule has 0 saturated carbocycles. The Hall–Kier alpha value is -3.91. The van der Waals surface area contributed by atoms with Gasteiger partial charge in [0.2, 0.25) is 11.8 Å². The molecule has 246 valence electrons. The molecule has 0 bridgehead atoms. The number of halogens is 3. The van der Waals surface area contributed by atoms with Gasteiger partial charge in [0, 0.05) is 54.5 Å². The van der Waals surface area contributed by atoms with Crippen LogP contribution >= 0.6 is 11.6 Å². The van der Waals surface area contributed by atoms with Gasteiger partial charge in [-0.25, -0.2) is 18.4 Å². The molecule has 2 aromatic carbocycles. The first kappa shape index (κ1) is 37.3. The number of carboxylic acids is 2. The van der Waals surface area contributed by atoms with Crippen molar-refractivity contribution in [3.05, 3.63) is 71.3 Å². The van der Waals surface area contributed by atoms with Crippen LogP contribution in [0.3, 0.4) is 0 Å². The van der Waals surface area contributed by atoms with E-state index in [9.17, 15) is 33.1 Å². The van der Waals surface area contributed by atoms with E-state index in [1.807, 2.05) is 38.7 Å². The van der Waals surface area contributed by atoms with Gasteiger partial charge in [-0.1, -0.05) is 37.6 Å². The molecule has 3 rings (SSSR count). The summed E-state index contributed by atoms with van der Waals surface area (Å²) in [5.41, 5.74) is 6.69. The molecule has 0 aromatic heterocycles. The lowest BCUT2D eigenvalue weighted by Gasteiger charge is -2.47. The van der Waals surface area contributed by atoms with Crippen LogP contribution in [0.2, 0.25) is 5.02 Å². The minimum atomic E-state index is -1.26. The lowest BCUT2D eigenvalue weighted by Crippen LogP contribution is -2.64. The normalized spacial score (nSPS) is 16.9. The Morgan fingerprint density at radius 1 is 1.07 bits per heavy atom. The minimum absolute atomic E-state index is 0.0717. The Kier molecular flexibility index (Phi) is 13.6. The minimum Gasteiger partial charge on any atom is -0.478 e. The molecule has 45 heavy (non-hydrogen) atoms. The van der Waals surface area contributed by atoms with Gasteiger partial charge < -0.3 is 31.3 Å². The smallest absolute Gasteiger partial charge is 0.328 e. The van der Waals surface area contributed by atoms with Crippen LogP contribution in [0.25, 0.3) is 0 Å². The van der Waals surface area contributed by atoms with Gasteiger partial charge in [-0.2, -0.15) is 0 Å². The summed E-state index contributed by atoms with van der Waals surface area (Å²) in [5.74, 6) is -5.90. The van der Waals surface area contributed by atoms with Gasteiger partial charge >= 0.3 is 11.9 Å². The molecule has 0 radical (unpaired) electrons. The van der Waals surface area contributed by atoms with Crippen LogP contribution in [0.4, 0.5) is 20.2 Å². The molecule has 11 nitrogen and oxygen atoms in total. The number of carbonyl (C=O) groups excluding carboxylic acids is 2. The van der Waals surface area contributed by atoms with Crippen molar-refractivity contribution in [2.75, 3.05) is 29.9 Å². The molecule has 2 aromatic rings. The molecule has 1 fully saturated rings. The van der Waals surface area contributed by atoms with Crippen LogP contribution in [0.1, 0.15) is 34.1 Å². The number of nitrogens with one attached hydrogen (secondary N) is 1. The summed E-state index contributed by atoms with van der Waals surface area (Å²) in [4.78, 5) is 48.6. The predicted octanol–water partition coefficient (Wildman–Crippen LogP) is 3.75. The second-order valence-electron chi connectivity index (χ2n) is 11.6. The Morgan fingerprint density at radius 2 is 1.67 bits per heavy atom. The summed E-state index contributed by atoms with van der Waals surface area (Å²) in [6.45, 7) is 8.40. The number of nitrogens with zero attached hydrogens (tertiary/aromatic N) is 2. The number of para-hydroxylation sites is 1. The summed E-state index contributed by atoms with van der Waals surface area (Å²) < 4.78 is 26.7. The van der Waals surface area contributed by atoms with Crippen LogP contribution in [0.15, 0.2) is 54.6 Å². The third kappa shape index (κ3) is 11.2. The lowest BCUT2D eigenvalue weighted by atomic mass is 9.86. The highest BCUT2D eigenvalue weighted by Crippen LogP contribution is 2.31. The highest BCUT2D eigenvalue weighted by molar-refractivity contribution is 6.33. The lowest BCUT2D eigenvalue weighted by molar-refractivity contribution is -0.134. The van der Waals surface area contributed by atoms with Crippen LogP contribution in [-0.4, -0.2) is 81.3 Å². The zero-order valence-electron chi connectivity index (χ0n) is 25.4. The van der Waals surface area contributed by atoms with Gasteiger partial charge in [0.15, 0.2) is 11.6 Å². The maximum atomic E-state index is 13.5. The van der Waals surface area contributed by atoms with Crippen LogP contribution in [0, 0.1) is 23.5 Å². The number of carbonyl (C=O) groups is 4. The first-order chi connectivity index (χ1) is 20.9. The molecule has 0 spiro atoms. The van der Waals surface area contributed by atoms with Crippen molar-refractivity contribution in [3.63, 3.8) is 0 Å². The van der Waals surface area contributed by atoms with E-state index in [2.05, 4.69) is 5.32 Å². The van der Waals surface area contributed by atoms with Gasteiger partial charge in [-0.3, -0.25) is 14.5 Å². The molecule has 2 amide bonds. The van der Waals surface area contributed by atoms with Gasteiger partial charge in [-0.15, -0.1) is 0 Å². The first-order valence-electron chi connectivity index (χ1n) is 14.1. The number of piperazine rings is 1. The predicted molar refractivity (Wildman–Crippen MR) is 166 cm³/mol. The van der Waals surface area contributed by atoms with Crippen LogP contribution in [-0.2, 0) is 19.2 Å². The Morgan fingerprint density at radius 3 is 2.20 bits per heavy atom. The monoisotopic (exact) mass is 652 g/mol. The number of aliphatic hydroxyl groups is 1. The molecule has 1 aliphatic rings. The van der Waals surface area contributed by atoms with E-state index in [1.54, 1.807) is 23.1 Å². The highest BCUT2D eigenvalue weighted by atomic mass is 35.5. The van der Waals surface area contributed by atoms with E-state index in [0.717, 1.165) is 12.1 Å². The zero-order chi connectivity index (χ0) is 34.1. The second-order valence-corrected chi connectivity index (χ2v) is 12.0. The average molecular weight is 653 g/mol. The van der Waals surface area contributed by atoms with Crippen LogP contribution in [0.5, 0.6) is 0 Å². The van der Waals surface area contributed by atoms with Crippen molar-refractivity contribution in [1.82, 2.24) is 4.90 Å². The van der Waals surface area contributed by atoms with Gasteiger partial charge in [0.25, 0.3) is 0 Å². The number of benzene rings is 2. The molecule has 1 heterocycles. The zero-order valence-corrected chi connectivity index (χ0v) is 26.2. The molecule has 0 aliphatic carbocycles. The Balaban J connectivity index is 0.000000777. The van der Waals surface area contributed by atoms with E-state index < -0.39 is 53.1 Å². The summed E-state index contributed by atoms with van der Waals surface area (Å²) in [7, 11) is 0. The third-order valence-electron chi connectivity index (χ3n) is 7.29. The quantitative estimate of drug-likeness (QED) is 0.227. The van der Waals surface area contributed by atoms with E-state index in [0.29, 0.717) is 29.4 Å². The number of anilines is 2. The van der Waals surface area contributed by atoms with Gasteiger partial charge in [0.05, 0.1) is 23.4 Å². The molecule has 6 N–H and O–H groups in total. The summed E-state index contributed by atoms with van der Waals surface area (Å²) in [5, 5.41) is 29.6. The number of hydrogen-bond donors (Lipinski definition) is 5.